The fourth-order valence-corrected chi connectivity index (χ4v) is 7.96. The zero-order chi connectivity index (χ0) is 24.3. The van der Waals surface area contributed by atoms with E-state index in [1.54, 1.807) is 34.6 Å². The van der Waals surface area contributed by atoms with Gasteiger partial charge in [-0.2, -0.15) is 29.0 Å². The van der Waals surface area contributed by atoms with Crippen LogP contribution in [-0.2, 0) is 30.7 Å². The Balaban J connectivity index is 0.000000840. The van der Waals surface area contributed by atoms with Crippen LogP contribution in [0.1, 0.15) is 42.5 Å². The molecular weight excluding hydrogens is 567 g/mol. The Morgan fingerprint density at radius 1 is 0.853 bits per heavy atom. The summed E-state index contributed by atoms with van der Waals surface area (Å²) in [5.74, 6) is 0. The van der Waals surface area contributed by atoms with Crippen LogP contribution in [-0.4, -0.2) is 19.4 Å². The van der Waals surface area contributed by atoms with Crippen LogP contribution < -0.4 is 10.4 Å². The largest absolute Gasteiger partial charge is 0.273 e. The number of fused-ring (bicyclic) bond motifs is 3. The Bertz CT molecular complexity index is 974. The molecule has 2 aliphatic carbocycles. The molecule has 34 heavy (non-hydrogen) atoms. The van der Waals surface area contributed by atoms with Gasteiger partial charge in [0, 0.05) is 8.07 Å². The van der Waals surface area contributed by atoms with Crippen molar-refractivity contribution >= 4 is 54.5 Å². The molecule has 0 heterocycles. The second-order valence-electron chi connectivity index (χ2n) is 11.2. The molecule has 0 saturated carbocycles. The van der Waals surface area contributed by atoms with Crippen molar-refractivity contribution in [3.8, 4) is 11.1 Å². The van der Waals surface area contributed by atoms with Crippen LogP contribution in [0.5, 0.6) is 0 Å². The van der Waals surface area contributed by atoms with E-state index in [-0.39, 0.29) is 24.8 Å². The number of hydrogen-bond donors (Lipinski definition) is 0. The molecule has 0 nitrogen and oxygen atoms in total. The predicted molar refractivity (Wildman–Crippen MR) is 161 cm³/mol. The summed E-state index contributed by atoms with van der Waals surface area (Å²) in [4.78, 5) is 0. The molecule has 5 heteroatoms. The third kappa shape index (κ3) is 9.29. The fourth-order valence-electron chi connectivity index (χ4n) is 4.36. The SMILES string of the molecule is C[C](C)=[Zr+2].Cc1[c-]c2c(cc1[Si](C)(C)C)-c1cc([Si](C)(C)C)c(C)cc1C2.Cl.Cl.[C-]1=CC=CC1. The van der Waals surface area contributed by atoms with Gasteiger partial charge in [-0.25, -0.2) is 12.2 Å². The Morgan fingerprint density at radius 3 is 1.79 bits per heavy atom. The third-order valence-corrected chi connectivity index (χ3v) is 9.96. The first kappa shape index (κ1) is 33.7. The van der Waals surface area contributed by atoms with Gasteiger partial charge in [-0.15, -0.1) is 42.4 Å². The van der Waals surface area contributed by atoms with Gasteiger partial charge in [0.2, 0.25) is 0 Å². The number of halogens is 2. The Kier molecular flexibility index (Phi) is 13.7. The number of rotatable bonds is 2. The second-order valence-corrected chi connectivity index (χ2v) is 23.7. The van der Waals surface area contributed by atoms with Crippen molar-refractivity contribution < 1.29 is 24.2 Å². The van der Waals surface area contributed by atoms with E-state index in [9.17, 15) is 0 Å². The summed E-state index contributed by atoms with van der Waals surface area (Å²) < 4.78 is 1.51. The summed E-state index contributed by atoms with van der Waals surface area (Å²) in [6.07, 6.45) is 11.1. The zero-order valence-electron chi connectivity index (χ0n) is 22.7. The van der Waals surface area contributed by atoms with Gasteiger partial charge in [0.1, 0.15) is 0 Å². The van der Waals surface area contributed by atoms with E-state index in [4.69, 9.17) is 0 Å². The number of hydrogen-bond acceptors (Lipinski definition) is 0. The van der Waals surface area contributed by atoms with Crippen LogP contribution in [0.15, 0.2) is 36.4 Å². The van der Waals surface area contributed by atoms with Gasteiger partial charge in [0.25, 0.3) is 0 Å². The molecule has 0 N–H and O–H groups in total. The molecule has 0 spiro atoms. The molecule has 2 aromatic rings. The maximum Gasteiger partial charge on any atom is 0.0779 e. The fraction of sp³-hybridized carbons (Fsp3) is 0.414. The van der Waals surface area contributed by atoms with Crippen molar-refractivity contribution in [2.75, 3.05) is 0 Å². The molecule has 2 aliphatic rings. The number of aryl methyl sites for hydroxylation is 2. The van der Waals surface area contributed by atoms with Crippen molar-refractivity contribution in [2.45, 2.75) is 79.8 Å². The first-order chi connectivity index (χ1) is 14.7. The topological polar surface area (TPSA) is 0 Å². The van der Waals surface area contributed by atoms with Gasteiger partial charge in [-0.05, 0) is 18.9 Å². The molecular formula is C29H42Cl2Si2Zr. The predicted octanol–water partition coefficient (Wildman–Crippen LogP) is 7.66. The van der Waals surface area contributed by atoms with Gasteiger partial charge < -0.3 is 0 Å². The molecule has 0 aliphatic heterocycles. The summed E-state index contributed by atoms with van der Waals surface area (Å²) in [6, 6.07) is 11.2. The van der Waals surface area contributed by atoms with Gasteiger partial charge in [-0.3, -0.25) is 6.08 Å². The van der Waals surface area contributed by atoms with E-state index >= 15 is 0 Å². The van der Waals surface area contributed by atoms with E-state index in [0.717, 1.165) is 12.8 Å². The summed E-state index contributed by atoms with van der Waals surface area (Å²) in [5.41, 5.74) is 8.71. The van der Waals surface area contributed by atoms with E-state index in [0.29, 0.717) is 0 Å². The molecule has 0 fully saturated rings. The van der Waals surface area contributed by atoms with Gasteiger partial charge >= 0.3 is 41.3 Å². The second kappa shape index (κ2) is 13.8. The minimum Gasteiger partial charge on any atom is -0.273 e. The first-order valence-corrected chi connectivity index (χ1v) is 19.9. The maximum absolute atomic E-state index is 3.73. The van der Waals surface area contributed by atoms with Crippen molar-refractivity contribution in [2.24, 2.45) is 0 Å². The summed E-state index contributed by atoms with van der Waals surface area (Å²) in [5, 5.41) is 3.18. The van der Waals surface area contributed by atoms with Gasteiger partial charge in [0.05, 0.1) is 8.07 Å². The standard InChI is InChI=1S/C21H29Si2.C5H5.C3H6.2ClH.Zr/c1-14-9-16-11-17-10-15(2)21(23(6,7)8)13-19(17)18(16)12-20(14)22(3,4)5;1-2-4-5-3-1;1-3-2;;;/h9,12-13H,11H2,1-8H3;1-3H,4H2;1-2H3;2*1H;/q2*-1;;;;+2. The quantitative estimate of drug-likeness (QED) is 0.207. The average Bonchev–Trinajstić information content (AvgIpc) is 3.28. The zero-order valence-corrected chi connectivity index (χ0v) is 28.8. The number of allylic oxidation sites excluding steroid dienone is 4. The molecule has 0 bridgehead atoms. The van der Waals surface area contributed by atoms with Crippen molar-refractivity contribution in [3.63, 3.8) is 0 Å². The van der Waals surface area contributed by atoms with Crippen LogP contribution in [0, 0.1) is 26.0 Å². The van der Waals surface area contributed by atoms with Gasteiger partial charge in [0.15, 0.2) is 0 Å². The molecule has 0 atom stereocenters. The smallest absolute Gasteiger partial charge is 0.0779 e. The molecule has 184 valence electrons. The van der Waals surface area contributed by atoms with Gasteiger partial charge in [-0.1, -0.05) is 74.7 Å². The maximum atomic E-state index is 3.73. The normalized spacial score (nSPS) is 12.8. The molecule has 0 saturated heterocycles. The third-order valence-electron chi connectivity index (χ3n) is 5.67. The van der Waals surface area contributed by atoms with E-state index in [2.05, 4.69) is 103 Å². The molecule has 0 aromatic heterocycles. The Morgan fingerprint density at radius 2 is 1.38 bits per heavy atom. The van der Waals surface area contributed by atoms with E-state index in [1.807, 2.05) is 12.2 Å². The average molecular weight is 609 g/mol. The first-order valence-electron chi connectivity index (χ1n) is 11.7. The van der Waals surface area contributed by atoms with Crippen molar-refractivity contribution in [1.82, 2.24) is 0 Å². The Hall–Kier alpha value is -0.313. The molecule has 0 amide bonds. The molecule has 4 rings (SSSR count). The summed E-state index contributed by atoms with van der Waals surface area (Å²) in [6.45, 7) is 23.5. The van der Waals surface area contributed by atoms with Crippen LogP contribution >= 0.6 is 24.8 Å². The molecule has 2 aromatic carbocycles. The summed E-state index contributed by atoms with van der Waals surface area (Å²) >= 11 is 1.55. The summed E-state index contributed by atoms with van der Waals surface area (Å²) in [7, 11) is -2.63. The van der Waals surface area contributed by atoms with E-state index < -0.39 is 16.1 Å². The molecule has 0 radical (unpaired) electrons. The number of benzene rings is 2. The van der Waals surface area contributed by atoms with Crippen LogP contribution in [0.3, 0.4) is 0 Å². The Labute approximate surface area is 238 Å². The van der Waals surface area contributed by atoms with Crippen molar-refractivity contribution in [1.29, 1.82) is 0 Å². The van der Waals surface area contributed by atoms with Crippen LogP contribution in [0.2, 0.25) is 39.3 Å². The minimum absolute atomic E-state index is 0. The minimum atomic E-state index is -1.33. The monoisotopic (exact) mass is 606 g/mol. The van der Waals surface area contributed by atoms with Crippen LogP contribution in [0.4, 0.5) is 0 Å². The van der Waals surface area contributed by atoms with Crippen molar-refractivity contribution in [3.05, 3.63) is 70.8 Å². The van der Waals surface area contributed by atoms with Crippen LogP contribution in [0.25, 0.3) is 11.1 Å². The van der Waals surface area contributed by atoms with E-state index in [1.165, 1.54) is 36.6 Å². The molecule has 0 unspecified atom stereocenters.